The van der Waals surface area contributed by atoms with Gasteiger partial charge in [0.15, 0.2) is 0 Å². The monoisotopic (exact) mass is 449 g/mol. The molecule has 168 valence electrons. The molecular weight excluding hydrogens is 421 g/mol. The zero-order valence-corrected chi connectivity index (χ0v) is 18.4. The molecule has 1 saturated heterocycles. The van der Waals surface area contributed by atoms with Crippen molar-refractivity contribution in [1.29, 1.82) is 0 Å². The Morgan fingerprint density at radius 1 is 1.16 bits per heavy atom. The third kappa shape index (κ3) is 5.13. The summed E-state index contributed by atoms with van der Waals surface area (Å²) in [6.07, 6.45) is 4.70. The van der Waals surface area contributed by atoms with Crippen LogP contribution in [-0.2, 0) is 14.8 Å². The topological polar surface area (TPSA) is 87.5 Å². The number of nitrogens with one attached hydrogen (secondary N) is 1. The van der Waals surface area contributed by atoms with Gasteiger partial charge in [0.1, 0.15) is 11.6 Å². The second-order valence-electron chi connectivity index (χ2n) is 8.27. The highest BCUT2D eigenvalue weighted by Crippen LogP contribution is 2.40. The third-order valence-electron chi connectivity index (χ3n) is 5.99. The summed E-state index contributed by atoms with van der Waals surface area (Å²) >= 11 is 0. The number of benzene rings is 1. The summed E-state index contributed by atoms with van der Waals surface area (Å²) < 4.78 is 42.1. The fourth-order valence-electron chi connectivity index (χ4n) is 4.00. The van der Waals surface area contributed by atoms with Crippen LogP contribution < -0.4 is 5.32 Å². The molecule has 2 aromatic rings. The average molecular weight is 450 g/mol. The number of sulfonamides is 1. The van der Waals surface area contributed by atoms with Crippen LogP contribution in [0.15, 0.2) is 41.4 Å². The number of carbonyl (C=O) groups is 1. The Morgan fingerprint density at radius 3 is 2.61 bits per heavy atom. The number of aromatic nitrogens is 2. The van der Waals surface area contributed by atoms with Gasteiger partial charge in [-0.25, -0.2) is 17.5 Å². The summed E-state index contributed by atoms with van der Waals surface area (Å²) in [4.78, 5) is 14.7. The van der Waals surface area contributed by atoms with Crippen molar-refractivity contribution >= 4 is 21.7 Å². The summed E-state index contributed by atoms with van der Waals surface area (Å²) in [7, 11) is -3.68. The molecule has 8 nitrogen and oxygen atoms in total. The smallest absolute Gasteiger partial charge is 0.243 e. The van der Waals surface area contributed by atoms with Gasteiger partial charge in [-0.1, -0.05) is 0 Å². The number of rotatable bonds is 7. The molecule has 1 aromatic heterocycles. The first-order valence-corrected chi connectivity index (χ1v) is 12.1. The SMILES string of the molecule is CC(C1CC1)n1nccc1NC(=O)CN1CCCN(S(=O)(=O)c2ccc(F)cc2)CC1. The van der Waals surface area contributed by atoms with Gasteiger partial charge in [0, 0.05) is 25.7 Å². The van der Waals surface area contributed by atoms with Gasteiger partial charge in [-0.3, -0.25) is 9.69 Å². The summed E-state index contributed by atoms with van der Waals surface area (Å²) in [6.45, 7) is 4.03. The minimum Gasteiger partial charge on any atom is -0.310 e. The molecule has 2 heterocycles. The van der Waals surface area contributed by atoms with Crippen LogP contribution in [-0.4, -0.2) is 66.0 Å². The van der Waals surface area contributed by atoms with Gasteiger partial charge in [-0.15, -0.1) is 0 Å². The first kappa shape index (κ1) is 21.9. The first-order chi connectivity index (χ1) is 14.8. The molecule has 31 heavy (non-hydrogen) atoms. The van der Waals surface area contributed by atoms with Crippen LogP contribution in [0.1, 0.15) is 32.2 Å². The van der Waals surface area contributed by atoms with Crippen LogP contribution >= 0.6 is 0 Å². The maximum atomic E-state index is 13.1. The number of halogens is 1. The lowest BCUT2D eigenvalue weighted by Crippen LogP contribution is -2.38. The second-order valence-corrected chi connectivity index (χ2v) is 10.2. The van der Waals surface area contributed by atoms with E-state index in [0.29, 0.717) is 37.8 Å². The molecule has 1 aliphatic carbocycles. The summed E-state index contributed by atoms with van der Waals surface area (Å²) in [6, 6.07) is 6.93. The normalized spacial score (nSPS) is 19.7. The van der Waals surface area contributed by atoms with Gasteiger partial charge in [-0.05, 0) is 62.9 Å². The number of amides is 1. The molecule has 2 aliphatic rings. The predicted octanol–water partition coefficient (Wildman–Crippen LogP) is 2.33. The Hall–Kier alpha value is -2.30. The molecule has 2 fully saturated rings. The Balaban J connectivity index is 1.33. The second kappa shape index (κ2) is 9.05. The maximum absolute atomic E-state index is 13.1. The van der Waals surface area contributed by atoms with Crippen molar-refractivity contribution in [2.24, 2.45) is 5.92 Å². The minimum atomic E-state index is -3.68. The highest BCUT2D eigenvalue weighted by atomic mass is 32.2. The molecule has 0 radical (unpaired) electrons. The lowest BCUT2D eigenvalue weighted by atomic mass is 10.2. The number of nitrogens with zero attached hydrogens (tertiary/aromatic N) is 4. The van der Waals surface area contributed by atoms with Crippen molar-refractivity contribution in [3.8, 4) is 0 Å². The van der Waals surface area contributed by atoms with E-state index < -0.39 is 15.8 Å². The zero-order chi connectivity index (χ0) is 22.0. The van der Waals surface area contributed by atoms with Gasteiger partial charge in [0.2, 0.25) is 15.9 Å². The quantitative estimate of drug-likeness (QED) is 0.701. The highest BCUT2D eigenvalue weighted by molar-refractivity contribution is 7.89. The van der Waals surface area contributed by atoms with E-state index in [9.17, 15) is 17.6 Å². The number of anilines is 1. The Morgan fingerprint density at radius 2 is 1.90 bits per heavy atom. The number of hydrogen-bond donors (Lipinski definition) is 1. The molecule has 0 spiro atoms. The zero-order valence-electron chi connectivity index (χ0n) is 17.6. The largest absolute Gasteiger partial charge is 0.310 e. The van der Waals surface area contributed by atoms with Gasteiger partial charge in [0.25, 0.3) is 0 Å². The molecule has 1 amide bonds. The molecule has 1 N–H and O–H groups in total. The summed E-state index contributed by atoms with van der Waals surface area (Å²) in [5.74, 6) is 0.703. The summed E-state index contributed by atoms with van der Waals surface area (Å²) in [5.41, 5.74) is 0. The standard InChI is InChI=1S/C21H28FN5O3S/c1-16(17-3-4-17)27-20(9-10-23-27)24-21(28)15-25-11-2-12-26(14-13-25)31(29,30)19-7-5-18(22)6-8-19/h5-10,16-17H,2-4,11-15H2,1H3,(H,24,28). The predicted molar refractivity (Wildman–Crippen MR) is 115 cm³/mol. The Bertz CT molecular complexity index is 1020. The van der Waals surface area contributed by atoms with Gasteiger partial charge >= 0.3 is 0 Å². The van der Waals surface area contributed by atoms with Crippen LogP contribution in [0.4, 0.5) is 10.2 Å². The van der Waals surface area contributed by atoms with E-state index in [4.69, 9.17) is 0 Å². The van der Waals surface area contributed by atoms with Crippen LogP contribution in [0.3, 0.4) is 0 Å². The van der Waals surface area contributed by atoms with E-state index in [1.165, 1.54) is 29.3 Å². The van der Waals surface area contributed by atoms with E-state index in [0.717, 1.165) is 12.1 Å². The lowest BCUT2D eigenvalue weighted by molar-refractivity contribution is -0.117. The van der Waals surface area contributed by atoms with Gasteiger partial charge < -0.3 is 5.32 Å². The van der Waals surface area contributed by atoms with Crippen molar-refractivity contribution in [2.75, 3.05) is 38.0 Å². The Kier molecular flexibility index (Phi) is 6.40. The highest BCUT2D eigenvalue weighted by Gasteiger charge is 2.31. The van der Waals surface area contributed by atoms with E-state index in [1.807, 2.05) is 9.58 Å². The number of carbonyl (C=O) groups excluding carboxylic acids is 1. The van der Waals surface area contributed by atoms with Crippen molar-refractivity contribution in [1.82, 2.24) is 19.0 Å². The van der Waals surface area contributed by atoms with E-state index in [1.54, 1.807) is 12.3 Å². The molecule has 1 aliphatic heterocycles. The van der Waals surface area contributed by atoms with Crippen LogP contribution in [0.5, 0.6) is 0 Å². The van der Waals surface area contributed by atoms with Crippen molar-refractivity contribution < 1.29 is 17.6 Å². The van der Waals surface area contributed by atoms with Crippen LogP contribution in [0.25, 0.3) is 0 Å². The van der Waals surface area contributed by atoms with E-state index in [2.05, 4.69) is 17.3 Å². The third-order valence-corrected chi connectivity index (χ3v) is 7.91. The van der Waals surface area contributed by atoms with E-state index in [-0.39, 0.29) is 29.9 Å². The summed E-state index contributed by atoms with van der Waals surface area (Å²) in [5, 5.41) is 7.30. The van der Waals surface area contributed by atoms with Crippen molar-refractivity contribution in [3.05, 3.63) is 42.3 Å². The van der Waals surface area contributed by atoms with E-state index >= 15 is 0 Å². The molecule has 0 bridgehead atoms. The lowest BCUT2D eigenvalue weighted by Gasteiger charge is -2.22. The molecule has 1 aromatic carbocycles. The van der Waals surface area contributed by atoms with Gasteiger partial charge in [0.05, 0.1) is 23.7 Å². The molecule has 10 heteroatoms. The molecule has 1 saturated carbocycles. The van der Waals surface area contributed by atoms with Crippen molar-refractivity contribution in [3.63, 3.8) is 0 Å². The fourth-order valence-corrected chi connectivity index (χ4v) is 5.47. The molecule has 4 rings (SSSR count). The molecular formula is C21H28FN5O3S. The fraction of sp³-hybridized carbons (Fsp3) is 0.524. The number of hydrogen-bond acceptors (Lipinski definition) is 5. The first-order valence-electron chi connectivity index (χ1n) is 10.7. The molecule has 1 atom stereocenters. The average Bonchev–Trinajstić information content (AvgIpc) is 3.52. The maximum Gasteiger partial charge on any atom is 0.243 e. The van der Waals surface area contributed by atoms with Crippen LogP contribution in [0.2, 0.25) is 0 Å². The van der Waals surface area contributed by atoms with Crippen LogP contribution in [0, 0.1) is 11.7 Å². The Labute approximate surface area is 182 Å². The van der Waals surface area contributed by atoms with Crippen molar-refractivity contribution in [2.45, 2.75) is 37.1 Å². The minimum absolute atomic E-state index is 0.0816. The molecule has 1 unspecified atom stereocenters. The van der Waals surface area contributed by atoms with Gasteiger partial charge in [-0.2, -0.15) is 9.40 Å².